The van der Waals surface area contributed by atoms with Crippen molar-refractivity contribution in [2.45, 2.75) is 39.0 Å². The lowest BCUT2D eigenvalue weighted by Crippen LogP contribution is -2.45. The van der Waals surface area contributed by atoms with Gasteiger partial charge in [0.05, 0.1) is 0 Å². The first-order chi connectivity index (χ1) is 10.9. The maximum atomic E-state index is 12.6. The van der Waals surface area contributed by atoms with Gasteiger partial charge in [0.2, 0.25) is 11.0 Å². The lowest BCUT2D eigenvalue weighted by atomic mass is 9.95. The fraction of sp³-hybridized carbons (Fsp3) is 0.812. The average Bonchev–Trinajstić information content (AvgIpc) is 3.05. The van der Waals surface area contributed by atoms with Crippen LogP contribution in [-0.4, -0.2) is 58.7 Å². The van der Waals surface area contributed by atoms with Gasteiger partial charge in [-0.2, -0.15) is 11.8 Å². The van der Waals surface area contributed by atoms with Crippen molar-refractivity contribution in [1.82, 2.24) is 15.1 Å². The Kier molecular flexibility index (Phi) is 5.16. The molecule has 2 fully saturated rings. The number of amides is 1. The van der Waals surface area contributed by atoms with Gasteiger partial charge >= 0.3 is 0 Å². The van der Waals surface area contributed by atoms with Crippen LogP contribution in [0.2, 0.25) is 0 Å². The lowest BCUT2D eigenvalue weighted by Gasteiger charge is -2.35. The van der Waals surface area contributed by atoms with Gasteiger partial charge in [0.15, 0.2) is 0 Å². The third-order valence-electron chi connectivity index (χ3n) is 4.49. The van der Waals surface area contributed by atoms with Crippen LogP contribution in [0, 0.1) is 5.92 Å². The number of hydrogen-bond acceptors (Lipinski definition) is 6. The zero-order valence-corrected chi connectivity index (χ0v) is 15.9. The topological polar surface area (TPSA) is 49.3 Å². The van der Waals surface area contributed by atoms with Gasteiger partial charge in [-0.3, -0.25) is 4.79 Å². The van der Waals surface area contributed by atoms with Crippen LogP contribution in [0.25, 0.3) is 0 Å². The van der Waals surface area contributed by atoms with Crippen molar-refractivity contribution in [3.8, 4) is 0 Å². The molecule has 0 aromatic carbocycles. The summed E-state index contributed by atoms with van der Waals surface area (Å²) in [4.78, 5) is 17.0. The molecule has 7 heteroatoms. The first kappa shape index (κ1) is 17.0. The van der Waals surface area contributed by atoms with Gasteiger partial charge in [-0.1, -0.05) is 32.1 Å². The molecular formula is C16H26N4OS2. The van der Waals surface area contributed by atoms with Gasteiger partial charge in [0, 0.05) is 49.0 Å². The Morgan fingerprint density at radius 1 is 1.09 bits per heavy atom. The molecule has 0 radical (unpaired) electrons. The molecule has 0 aliphatic carbocycles. The number of piperidine rings is 1. The van der Waals surface area contributed by atoms with Crippen LogP contribution >= 0.6 is 23.1 Å². The monoisotopic (exact) mass is 354 g/mol. The van der Waals surface area contributed by atoms with E-state index in [9.17, 15) is 4.79 Å². The fourth-order valence-electron chi connectivity index (χ4n) is 3.01. The Labute approximate surface area is 146 Å². The Hall–Kier alpha value is -0.820. The van der Waals surface area contributed by atoms with Gasteiger partial charge in [0.25, 0.3) is 0 Å². The van der Waals surface area contributed by atoms with Crippen molar-refractivity contribution in [2.24, 2.45) is 5.92 Å². The smallest absolute Gasteiger partial charge is 0.225 e. The number of aromatic nitrogens is 2. The summed E-state index contributed by atoms with van der Waals surface area (Å²) in [6.45, 7) is 10.2. The molecule has 0 saturated carbocycles. The summed E-state index contributed by atoms with van der Waals surface area (Å²) in [5.74, 6) is 2.75. The Morgan fingerprint density at radius 3 is 2.30 bits per heavy atom. The second-order valence-electron chi connectivity index (χ2n) is 7.34. The SMILES string of the molecule is CC(C)(C)c1nnc(N2CCC(C(=O)N3CCSCC3)CC2)s1. The number of rotatable bonds is 2. The van der Waals surface area contributed by atoms with Gasteiger partial charge in [-0.15, -0.1) is 10.2 Å². The van der Waals surface area contributed by atoms with Gasteiger partial charge in [-0.05, 0) is 12.8 Å². The van der Waals surface area contributed by atoms with Crippen molar-refractivity contribution >= 4 is 34.1 Å². The zero-order chi connectivity index (χ0) is 16.4. The van der Waals surface area contributed by atoms with Crippen LogP contribution in [0.15, 0.2) is 0 Å². The highest BCUT2D eigenvalue weighted by atomic mass is 32.2. The van der Waals surface area contributed by atoms with E-state index in [0.29, 0.717) is 5.91 Å². The Balaban J connectivity index is 1.55. The molecule has 2 aliphatic heterocycles. The van der Waals surface area contributed by atoms with Crippen molar-refractivity contribution in [2.75, 3.05) is 42.6 Å². The lowest BCUT2D eigenvalue weighted by molar-refractivity contribution is -0.135. The molecule has 0 atom stereocenters. The second kappa shape index (κ2) is 6.97. The van der Waals surface area contributed by atoms with E-state index >= 15 is 0 Å². The Bertz CT molecular complexity index is 541. The van der Waals surface area contributed by atoms with Crippen molar-refractivity contribution in [3.05, 3.63) is 5.01 Å². The highest BCUT2D eigenvalue weighted by Crippen LogP contribution is 2.32. The van der Waals surface area contributed by atoms with Crippen molar-refractivity contribution < 1.29 is 4.79 Å². The van der Waals surface area contributed by atoms with Crippen molar-refractivity contribution in [1.29, 1.82) is 0 Å². The van der Waals surface area contributed by atoms with E-state index in [0.717, 1.165) is 60.7 Å². The molecule has 3 rings (SSSR count). The first-order valence-electron chi connectivity index (χ1n) is 8.40. The average molecular weight is 355 g/mol. The van der Waals surface area contributed by atoms with E-state index in [2.05, 4.69) is 40.8 Å². The summed E-state index contributed by atoms with van der Waals surface area (Å²) >= 11 is 3.64. The van der Waals surface area contributed by atoms with E-state index in [4.69, 9.17) is 0 Å². The largest absolute Gasteiger partial charge is 0.347 e. The molecule has 2 saturated heterocycles. The quantitative estimate of drug-likeness (QED) is 0.817. The van der Waals surface area contributed by atoms with Crippen LogP contribution < -0.4 is 4.90 Å². The van der Waals surface area contributed by atoms with Crippen LogP contribution in [0.5, 0.6) is 0 Å². The highest BCUT2D eigenvalue weighted by molar-refractivity contribution is 7.99. The minimum Gasteiger partial charge on any atom is -0.347 e. The summed E-state index contributed by atoms with van der Waals surface area (Å²) in [6.07, 6.45) is 1.87. The third-order valence-corrected chi connectivity index (χ3v) is 6.85. The predicted octanol–water partition coefficient (Wildman–Crippen LogP) is 2.63. The molecule has 0 bridgehead atoms. The second-order valence-corrected chi connectivity index (χ2v) is 9.52. The third kappa shape index (κ3) is 3.99. The summed E-state index contributed by atoms with van der Waals surface area (Å²) in [5, 5.41) is 10.8. The molecule has 5 nitrogen and oxygen atoms in total. The summed E-state index contributed by atoms with van der Waals surface area (Å²) < 4.78 is 0. The summed E-state index contributed by atoms with van der Waals surface area (Å²) in [5.41, 5.74) is 0.0521. The Morgan fingerprint density at radius 2 is 1.74 bits per heavy atom. The summed E-state index contributed by atoms with van der Waals surface area (Å²) in [7, 11) is 0. The molecule has 3 heterocycles. The highest BCUT2D eigenvalue weighted by Gasteiger charge is 2.31. The first-order valence-corrected chi connectivity index (χ1v) is 10.4. The van der Waals surface area contributed by atoms with E-state index < -0.39 is 0 Å². The fourth-order valence-corrected chi connectivity index (χ4v) is 4.86. The maximum absolute atomic E-state index is 12.6. The van der Waals surface area contributed by atoms with Crippen LogP contribution in [0.4, 0.5) is 5.13 Å². The van der Waals surface area contributed by atoms with E-state index in [1.807, 2.05) is 11.8 Å². The number of nitrogens with zero attached hydrogens (tertiary/aromatic N) is 4. The van der Waals surface area contributed by atoms with E-state index in [1.165, 1.54) is 0 Å². The molecule has 128 valence electrons. The molecule has 23 heavy (non-hydrogen) atoms. The minimum atomic E-state index is 0.0521. The number of thioether (sulfide) groups is 1. The number of carbonyl (C=O) groups excluding carboxylic acids is 1. The molecule has 1 aromatic rings. The molecule has 2 aliphatic rings. The molecule has 1 amide bonds. The standard InChI is InChI=1S/C16H26N4OS2/c1-16(2,3)14-17-18-15(23-14)20-6-4-12(5-7-20)13(21)19-8-10-22-11-9-19/h12H,4-11H2,1-3H3. The van der Waals surface area contributed by atoms with Crippen LogP contribution in [-0.2, 0) is 10.2 Å². The number of hydrogen-bond donors (Lipinski definition) is 0. The molecule has 0 N–H and O–H groups in total. The van der Waals surface area contributed by atoms with Crippen LogP contribution in [0.1, 0.15) is 38.6 Å². The zero-order valence-electron chi connectivity index (χ0n) is 14.2. The number of anilines is 1. The van der Waals surface area contributed by atoms with Gasteiger partial charge < -0.3 is 9.80 Å². The number of carbonyl (C=O) groups is 1. The normalized spacial score (nSPS) is 20.8. The van der Waals surface area contributed by atoms with E-state index in [1.54, 1.807) is 11.3 Å². The minimum absolute atomic E-state index is 0.0521. The maximum Gasteiger partial charge on any atom is 0.225 e. The van der Waals surface area contributed by atoms with E-state index in [-0.39, 0.29) is 11.3 Å². The summed E-state index contributed by atoms with van der Waals surface area (Å²) in [6, 6.07) is 0. The molecule has 0 unspecified atom stereocenters. The molecule has 0 spiro atoms. The predicted molar refractivity (Wildman–Crippen MR) is 97.5 cm³/mol. The van der Waals surface area contributed by atoms with Crippen molar-refractivity contribution in [3.63, 3.8) is 0 Å². The van der Waals surface area contributed by atoms with Gasteiger partial charge in [0.1, 0.15) is 5.01 Å². The van der Waals surface area contributed by atoms with Crippen LogP contribution in [0.3, 0.4) is 0 Å². The van der Waals surface area contributed by atoms with Gasteiger partial charge in [-0.25, -0.2) is 0 Å². The molecular weight excluding hydrogens is 328 g/mol. The molecule has 1 aromatic heterocycles.